The fourth-order valence-electron chi connectivity index (χ4n) is 3.07. The first-order valence-corrected chi connectivity index (χ1v) is 9.93. The smallest absolute Gasteiger partial charge is 0.336 e. The molecular formula is C19H16N2O6S. The lowest BCUT2D eigenvalue weighted by atomic mass is 10.1. The fourth-order valence-corrected chi connectivity index (χ4v) is 4.36. The number of sulfone groups is 1. The van der Waals surface area contributed by atoms with Crippen LogP contribution in [0.3, 0.4) is 0 Å². The van der Waals surface area contributed by atoms with Gasteiger partial charge in [-0.2, -0.15) is 0 Å². The van der Waals surface area contributed by atoms with Crippen molar-refractivity contribution >= 4 is 31.8 Å². The number of rotatable bonds is 5. The summed E-state index contributed by atoms with van der Waals surface area (Å²) < 4.78 is 41.6. The van der Waals surface area contributed by atoms with Gasteiger partial charge < -0.3 is 18.9 Å². The Morgan fingerprint density at radius 3 is 2.61 bits per heavy atom. The Kier molecular flexibility index (Phi) is 4.31. The summed E-state index contributed by atoms with van der Waals surface area (Å²) in [5.41, 5.74) is 0.889. The third kappa shape index (κ3) is 2.99. The second-order valence-electron chi connectivity index (χ2n) is 6.09. The molecule has 4 aromatic rings. The summed E-state index contributed by atoms with van der Waals surface area (Å²) in [5, 5.41) is 0.285. The zero-order chi connectivity index (χ0) is 19.9. The Morgan fingerprint density at radius 1 is 1.11 bits per heavy atom. The summed E-state index contributed by atoms with van der Waals surface area (Å²) in [6.45, 7) is 0. The summed E-state index contributed by atoms with van der Waals surface area (Å²) in [6.07, 6.45) is 0. The van der Waals surface area contributed by atoms with Gasteiger partial charge in [0.05, 0.1) is 31.0 Å². The lowest BCUT2D eigenvalue weighted by Crippen LogP contribution is -2.10. The average molecular weight is 400 g/mol. The van der Waals surface area contributed by atoms with Crippen molar-refractivity contribution in [3.05, 3.63) is 58.4 Å². The first-order chi connectivity index (χ1) is 13.4. The van der Waals surface area contributed by atoms with E-state index in [2.05, 4.69) is 9.97 Å². The number of methoxy groups -OCH3 is 2. The molecule has 28 heavy (non-hydrogen) atoms. The third-order valence-corrected chi connectivity index (χ3v) is 5.82. The number of aromatic amines is 1. The van der Waals surface area contributed by atoms with Gasteiger partial charge in [0.2, 0.25) is 20.7 Å². The van der Waals surface area contributed by atoms with Crippen LogP contribution in [0.15, 0.2) is 56.8 Å². The number of fused-ring (bicyclic) bond motifs is 2. The maximum atomic E-state index is 12.9. The van der Waals surface area contributed by atoms with Crippen molar-refractivity contribution in [1.29, 1.82) is 0 Å². The van der Waals surface area contributed by atoms with Gasteiger partial charge in [0.15, 0.2) is 11.3 Å². The summed E-state index contributed by atoms with van der Waals surface area (Å²) >= 11 is 0. The van der Waals surface area contributed by atoms with Crippen LogP contribution in [0.25, 0.3) is 22.0 Å². The van der Waals surface area contributed by atoms with Gasteiger partial charge >= 0.3 is 5.63 Å². The van der Waals surface area contributed by atoms with Crippen LogP contribution in [0.4, 0.5) is 0 Å². The molecule has 0 amide bonds. The highest BCUT2D eigenvalue weighted by atomic mass is 32.2. The molecule has 2 heterocycles. The van der Waals surface area contributed by atoms with Crippen molar-refractivity contribution in [3.8, 4) is 11.5 Å². The molecule has 0 saturated heterocycles. The molecule has 8 nitrogen and oxygen atoms in total. The van der Waals surface area contributed by atoms with Gasteiger partial charge in [-0.1, -0.05) is 12.1 Å². The molecule has 1 N–H and O–H groups in total. The maximum Gasteiger partial charge on any atom is 0.336 e. The first-order valence-electron chi connectivity index (χ1n) is 8.28. The molecule has 0 spiro atoms. The Bertz CT molecular complexity index is 1320. The summed E-state index contributed by atoms with van der Waals surface area (Å²) in [5.74, 6) is 0.167. The zero-order valence-electron chi connectivity index (χ0n) is 15.1. The molecule has 9 heteroatoms. The average Bonchev–Trinajstić information content (AvgIpc) is 3.12. The minimum Gasteiger partial charge on any atom is -0.493 e. The van der Waals surface area contributed by atoms with Crippen LogP contribution in [-0.2, 0) is 15.6 Å². The number of hydrogen-bond donors (Lipinski definition) is 1. The minimum atomic E-state index is -3.84. The van der Waals surface area contributed by atoms with Crippen molar-refractivity contribution in [2.45, 2.75) is 10.9 Å². The number of aromatic nitrogens is 2. The number of hydrogen-bond acceptors (Lipinski definition) is 7. The summed E-state index contributed by atoms with van der Waals surface area (Å²) in [7, 11) is -0.970. The highest BCUT2D eigenvalue weighted by Gasteiger charge is 2.23. The Morgan fingerprint density at radius 2 is 1.89 bits per heavy atom. The molecule has 0 unspecified atom stereocenters. The lowest BCUT2D eigenvalue weighted by Gasteiger charge is -2.11. The highest BCUT2D eigenvalue weighted by Crippen LogP contribution is 2.36. The highest BCUT2D eigenvalue weighted by molar-refractivity contribution is 7.90. The van der Waals surface area contributed by atoms with Crippen LogP contribution in [0.2, 0.25) is 0 Å². The second kappa shape index (κ2) is 6.68. The molecule has 144 valence electrons. The second-order valence-corrected chi connectivity index (χ2v) is 7.99. The zero-order valence-corrected chi connectivity index (χ0v) is 15.9. The van der Waals surface area contributed by atoms with Gasteiger partial charge in [-0.05, 0) is 29.8 Å². The number of nitrogens with zero attached hydrogens (tertiary/aromatic N) is 1. The molecule has 0 radical (unpaired) electrons. The number of imidazole rings is 1. The summed E-state index contributed by atoms with van der Waals surface area (Å²) in [6, 6.07) is 11.4. The third-order valence-electron chi connectivity index (χ3n) is 4.35. The predicted molar refractivity (Wildman–Crippen MR) is 103 cm³/mol. The molecular weight excluding hydrogens is 384 g/mol. The van der Waals surface area contributed by atoms with E-state index in [9.17, 15) is 13.2 Å². The van der Waals surface area contributed by atoms with Crippen molar-refractivity contribution in [2.75, 3.05) is 14.2 Å². The van der Waals surface area contributed by atoms with Crippen LogP contribution < -0.4 is 15.1 Å². The van der Waals surface area contributed by atoms with Crippen LogP contribution in [-0.4, -0.2) is 32.6 Å². The SMILES string of the molecule is COc1ccc2c(CS(=O)(=O)c3nc4ccccc4[nH]3)cc(=O)oc2c1OC. The van der Waals surface area contributed by atoms with E-state index in [4.69, 9.17) is 13.9 Å². The monoisotopic (exact) mass is 400 g/mol. The van der Waals surface area contributed by atoms with Crippen LogP contribution in [0.1, 0.15) is 5.56 Å². The first kappa shape index (κ1) is 18.1. The van der Waals surface area contributed by atoms with Crippen molar-refractivity contribution in [3.63, 3.8) is 0 Å². The van der Waals surface area contributed by atoms with E-state index in [1.807, 2.05) is 0 Å². The molecule has 0 bridgehead atoms. The molecule has 0 fully saturated rings. The van der Waals surface area contributed by atoms with E-state index in [1.54, 1.807) is 36.4 Å². The Hall–Kier alpha value is -3.33. The molecule has 0 atom stereocenters. The van der Waals surface area contributed by atoms with Crippen molar-refractivity contribution < 1.29 is 22.3 Å². The van der Waals surface area contributed by atoms with Crippen LogP contribution in [0, 0.1) is 0 Å². The maximum absolute atomic E-state index is 12.9. The molecule has 0 saturated carbocycles. The van der Waals surface area contributed by atoms with E-state index in [0.29, 0.717) is 22.2 Å². The quantitative estimate of drug-likeness (QED) is 0.513. The molecule has 0 aliphatic rings. The predicted octanol–water partition coefficient (Wildman–Crippen LogP) is 2.66. The van der Waals surface area contributed by atoms with Crippen LogP contribution in [0.5, 0.6) is 11.5 Å². The van der Waals surface area contributed by atoms with E-state index in [-0.39, 0.29) is 22.1 Å². The van der Waals surface area contributed by atoms with E-state index < -0.39 is 21.2 Å². The molecule has 2 aromatic carbocycles. The number of ether oxygens (including phenoxy) is 2. The number of nitrogens with one attached hydrogen (secondary N) is 1. The molecule has 4 rings (SSSR count). The van der Waals surface area contributed by atoms with Gasteiger partial charge in [-0.15, -0.1) is 0 Å². The number of H-pyrrole nitrogens is 1. The molecule has 2 aromatic heterocycles. The Labute approximate surface area is 159 Å². The van der Waals surface area contributed by atoms with Gasteiger partial charge in [-0.25, -0.2) is 18.2 Å². The van der Waals surface area contributed by atoms with Crippen molar-refractivity contribution in [1.82, 2.24) is 9.97 Å². The topological polar surface area (TPSA) is 111 Å². The van der Waals surface area contributed by atoms with E-state index in [1.165, 1.54) is 14.2 Å². The fraction of sp³-hybridized carbons (Fsp3) is 0.158. The standard InChI is InChI=1S/C19H16N2O6S/c1-25-15-8-7-12-11(9-16(22)27-17(12)18(15)26-2)10-28(23,24)19-20-13-5-3-4-6-14(13)21-19/h3-9H,10H2,1-2H3,(H,20,21). The lowest BCUT2D eigenvalue weighted by molar-refractivity contribution is 0.352. The van der Waals surface area contributed by atoms with Gasteiger partial charge in [0, 0.05) is 11.5 Å². The number of para-hydroxylation sites is 2. The van der Waals surface area contributed by atoms with Gasteiger partial charge in [-0.3, -0.25) is 0 Å². The van der Waals surface area contributed by atoms with E-state index in [0.717, 1.165) is 6.07 Å². The van der Waals surface area contributed by atoms with E-state index >= 15 is 0 Å². The number of benzene rings is 2. The normalized spacial score (nSPS) is 11.8. The summed E-state index contributed by atoms with van der Waals surface area (Å²) in [4.78, 5) is 19.0. The van der Waals surface area contributed by atoms with Crippen LogP contribution >= 0.6 is 0 Å². The van der Waals surface area contributed by atoms with Crippen molar-refractivity contribution in [2.24, 2.45) is 0 Å². The Balaban J connectivity index is 1.86. The largest absolute Gasteiger partial charge is 0.493 e. The van der Waals surface area contributed by atoms with Gasteiger partial charge in [0.25, 0.3) is 0 Å². The minimum absolute atomic E-state index is 0.129. The van der Waals surface area contributed by atoms with Gasteiger partial charge in [0.1, 0.15) is 0 Å². The molecule has 0 aliphatic heterocycles. The molecule has 0 aliphatic carbocycles.